The van der Waals surface area contributed by atoms with Gasteiger partial charge >= 0.3 is 0 Å². The Morgan fingerprint density at radius 3 is 2.89 bits per heavy atom. The summed E-state index contributed by atoms with van der Waals surface area (Å²) in [6, 6.07) is 8.36. The Bertz CT molecular complexity index is 678. The molecule has 18 heavy (non-hydrogen) atoms. The monoisotopic (exact) mass is 323 g/mol. The van der Waals surface area contributed by atoms with Gasteiger partial charge in [0, 0.05) is 10.0 Å². The maximum Gasteiger partial charge on any atom is 0.182 e. The maximum atomic E-state index is 13.0. The maximum absolute atomic E-state index is 13.0. The molecule has 0 saturated heterocycles. The van der Waals surface area contributed by atoms with Gasteiger partial charge in [-0.05, 0) is 45.6 Å². The minimum Gasteiger partial charge on any atom is -0.258 e. The lowest BCUT2D eigenvalue weighted by Crippen LogP contribution is -1.84. The molecule has 0 spiro atoms. The van der Waals surface area contributed by atoms with Crippen LogP contribution in [-0.2, 0) is 0 Å². The second kappa shape index (κ2) is 4.62. The van der Waals surface area contributed by atoms with Crippen molar-refractivity contribution in [2.45, 2.75) is 0 Å². The Morgan fingerprint density at radius 1 is 1.28 bits per heavy atom. The molecule has 1 aromatic carbocycles. The van der Waals surface area contributed by atoms with Crippen LogP contribution in [0.15, 0.2) is 40.2 Å². The van der Waals surface area contributed by atoms with E-state index < -0.39 is 0 Å². The molecule has 3 nitrogen and oxygen atoms in total. The summed E-state index contributed by atoms with van der Waals surface area (Å²) < 4.78 is 13.7. The van der Waals surface area contributed by atoms with Crippen LogP contribution in [0.25, 0.3) is 22.1 Å². The first-order chi connectivity index (χ1) is 8.74. The average molecular weight is 324 g/mol. The minimum absolute atomic E-state index is 0.292. The SMILES string of the molecule is Fc1ccc(-c2n[nH]c(-c3cccs3)n2)c(Br)c1. The third-order valence-corrected chi connectivity index (χ3v) is 3.94. The highest BCUT2D eigenvalue weighted by Gasteiger charge is 2.11. The number of halogens is 2. The predicted molar refractivity (Wildman–Crippen MR) is 72.8 cm³/mol. The summed E-state index contributed by atoms with van der Waals surface area (Å²) >= 11 is 4.90. The molecule has 2 heterocycles. The molecule has 0 bridgehead atoms. The van der Waals surface area contributed by atoms with Gasteiger partial charge < -0.3 is 0 Å². The number of aromatic nitrogens is 3. The van der Waals surface area contributed by atoms with Crippen molar-refractivity contribution in [1.29, 1.82) is 0 Å². The molecule has 0 atom stereocenters. The fraction of sp³-hybridized carbons (Fsp3) is 0. The first kappa shape index (κ1) is 11.6. The van der Waals surface area contributed by atoms with Crippen molar-refractivity contribution in [3.63, 3.8) is 0 Å². The molecule has 0 unspecified atom stereocenters. The largest absolute Gasteiger partial charge is 0.258 e. The summed E-state index contributed by atoms with van der Waals surface area (Å²) in [6.45, 7) is 0. The number of thiophene rings is 1. The molecule has 3 aromatic rings. The van der Waals surface area contributed by atoms with Crippen LogP contribution in [0, 0.1) is 5.82 Å². The van der Waals surface area contributed by atoms with Gasteiger partial charge in [-0.2, -0.15) is 5.10 Å². The summed E-state index contributed by atoms with van der Waals surface area (Å²) in [4.78, 5) is 5.43. The van der Waals surface area contributed by atoms with E-state index in [4.69, 9.17) is 0 Å². The van der Waals surface area contributed by atoms with Gasteiger partial charge in [-0.3, -0.25) is 5.10 Å². The van der Waals surface area contributed by atoms with E-state index in [1.54, 1.807) is 17.4 Å². The zero-order valence-electron chi connectivity index (χ0n) is 9.02. The first-order valence-corrected chi connectivity index (χ1v) is 6.83. The third kappa shape index (κ3) is 2.09. The van der Waals surface area contributed by atoms with E-state index in [1.807, 2.05) is 17.5 Å². The molecule has 2 aromatic heterocycles. The standard InChI is InChI=1S/C12H7BrFN3S/c13-9-6-7(14)3-4-8(9)11-15-12(17-16-11)10-2-1-5-18-10/h1-6H,(H,15,16,17). The summed E-state index contributed by atoms with van der Waals surface area (Å²) in [5, 5.41) is 9.01. The van der Waals surface area contributed by atoms with Crippen molar-refractivity contribution < 1.29 is 4.39 Å². The van der Waals surface area contributed by atoms with E-state index in [0.717, 1.165) is 16.3 Å². The van der Waals surface area contributed by atoms with Crippen LogP contribution >= 0.6 is 27.3 Å². The summed E-state index contributed by atoms with van der Waals surface area (Å²) in [5.41, 5.74) is 0.760. The van der Waals surface area contributed by atoms with Crippen molar-refractivity contribution >= 4 is 27.3 Å². The van der Waals surface area contributed by atoms with E-state index in [9.17, 15) is 4.39 Å². The molecule has 0 aliphatic carbocycles. The van der Waals surface area contributed by atoms with Crippen LogP contribution in [0.2, 0.25) is 0 Å². The number of nitrogens with one attached hydrogen (secondary N) is 1. The third-order valence-electron chi connectivity index (χ3n) is 2.41. The lowest BCUT2D eigenvalue weighted by atomic mass is 10.2. The van der Waals surface area contributed by atoms with E-state index in [2.05, 4.69) is 31.1 Å². The molecule has 0 saturated carbocycles. The average Bonchev–Trinajstić information content (AvgIpc) is 2.99. The number of rotatable bonds is 2. The van der Waals surface area contributed by atoms with Crippen LogP contribution < -0.4 is 0 Å². The summed E-state index contributed by atoms with van der Waals surface area (Å²) in [5.74, 6) is 0.973. The van der Waals surface area contributed by atoms with Crippen LogP contribution in [0.5, 0.6) is 0 Å². The van der Waals surface area contributed by atoms with Gasteiger partial charge in [-0.1, -0.05) is 6.07 Å². The smallest absolute Gasteiger partial charge is 0.182 e. The molecule has 90 valence electrons. The number of nitrogens with zero attached hydrogens (tertiary/aromatic N) is 2. The van der Waals surface area contributed by atoms with Gasteiger partial charge in [0.05, 0.1) is 4.88 Å². The lowest BCUT2D eigenvalue weighted by Gasteiger charge is -1.98. The van der Waals surface area contributed by atoms with E-state index in [-0.39, 0.29) is 5.82 Å². The van der Waals surface area contributed by atoms with E-state index in [1.165, 1.54) is 12.1 Å². The zero-order valence-corrected chi connectivity index (χ0v) is 11.4. The van der Waals surface area contributed by atoms with Crippen LogP contribution in [0.1, 0.15) is 0 Å². The fourth-order valence-electron chi connectivity index (χ4n) is 1.58. The molecule has 0 radical (unpaired) electrons. The second-order valence-corrected chi connectivity index (χ2v) is 5.41. The molecule has 6 heteroatoms. The van der Waals surface area contributed by atoms with Crippen molar-refractivity contribution in [3.8, 4) is 22.1 Å². The Kier molecular flexibility index (Phi) is 2.97. The Hall–Kier alpha value is -1.53. The number of hydrogen-bond donors (Lipinski definition) is 1. The Morgan fingerprint density at radius 2 is 2.17 bits per heavy atom. The summed E-state index contributed by atoms with van der Waals surface area (Å²) in [6.07, 6.45) is 0. The van der Waals surface area contributed by atoms with Gasteiger partial charge in [0.2, 0.25) is 0 Å². The highest BCUT2D eigenvalue weighted by Crippen LogP contribution is 2.28. The predicted octanol–water partition coefficient (Wildman–Crippen LogP) is 4.10. The quantitative estimate of drug-likeness (QED) is 0.771. The second-order valence-electron chi connectivity index (χ2n) is 3.61. The minimum atomic E-state index is -0.292. The topological polar surface area (TPSA) is 41.6 Å². The molecular weight excluding hydrogens is 317 g/mol. The number of benzene rings is 1. The molecular formula is C12H7BrFN3S. The van der Waals surface area contributed by atoms with Crippen LogP contribution in [0.4, 0.5) is 4.39 Å². The summed E-state index contributed by atoms with van der Waals surface area (Å²) in [7, 11) is 0. The highest BCUT2D eigenvalue weighted by molar-refractivity contribution is 9.10. The van der Waals surface area contributed by atoms with Gasteiger partial charge in [0.1, 0.15) is 5.82 Å². The van der Waals surface area contributed by atoms with Gasteiger partial charge in [-0.25, -0.2) is 9.37 Å². The van der Waals surface area contributed by atoms with Crippen molar-refractivity contribution in [2.24, 2.45) is 0 Å². The van der Waals surface area contributed by atoms with E-state index >= 15 is 0 Å². The number of aromatic amines is 1. The first-order valence-electron chi connectivity index (χ1n) is 5.16. The highest BCUT2D eigenvalue weighted by atomic mass is 79.9. The van der Waals surface area contributed by atoms with Crippen molar-refractivity contribution in [3.05, 3.63) is 46.0 Å². The Labute approximate surface area is 115 Å². The molecule has 0 aliphatic rings. The molecule has 1 N–H and O–H groups in total. The normalized spacial score (nSPS) is 10.8. The number of H-pyrrole nitrogens is 1. The molecule has 0 aliphatic heterocycles. The molecule has 0 fully saturated rings. The zero-order chi connectivity index (χ0) is 12.5. The van der Waals surface area contributed by atoms with Gasteiger partial charge in [-0.15, -0.1) is 11.3 Å². The van der Waals surface area contributed by atoms with Gasteiger partial charge in [0.15, 0.2) is 11.6 Å². The lowest BCUT2D eigenvalue weighted by molar-refractivity contribution is 0.627. The van der Waals surface area contributed by atoms with E-state index in [0.29, 0.717) is 10.3 Å². The van der Waals surface area contributed by atoms with Crippen molar-refractivity contribution in [2.75, 3.05) is 0 Å². The van der Waals surface area contributed by atoms with Crippen molar-refractivity contribution in [1.82, 2.24) is 15.2 Å². The fourth-order valence-corrected chi connectivity index (χ4v) is 2.77. The molecule has 0 amide bonds. The van der Waals surface area contributed by atoms with Crippen LogP contribution in [-0.4, -0.2) is 15.2 Å². The van der Waals surface area contributed by atoms with Gasteiger partial charge in [0.25, 0.3) is 0 Å². The molecule has 3 rings (SSSR count). The Balaban J connectivity index is 2.03. The number of hydrogen-bond acceptors (Lipinski definition) is 3. The van der Waals surface area contributed by atoms with Crippen LogP contribution in [0.3, 0.4) is 0 Å².